The molecule has 6 nitrogen and oxygen atoms in total. The molecule has 0 spiro atoms. The summed E-state index contributed by atoms with van der Waals surface area (Å²) in [6.07, 6.45) is 0.793. The molecule has 2 unspecified atom stereocenters. The Balaban J connectivity index is 1.54. The van der Waals surface area contributed by atoms with Crippen LogP contribution in [0.5, 0.6) is 11.5 Å². The summed E-state index contributed by atoms with van der Waals surface area (Å²) in [4.78, 5) is 15.6. The molecule has 36 heavy (non-hydrogen) atoms. The van der Waals surface area contributed by atoms with Crippen molar-refractivity contribution in [2.75, 3.05) is 24.5 Å². The van der Waals surface area contributed by atoms with Crippen molar-refractivity contribution in [2.24, 2.45) is 11.8 Å². The van der Waals surface area contributed by atoms with E-state index in [-0.39, 0.29) is 17.6 Å². The van der Waals surface area contributed by atoms with Crippen molar-refractivity contribution in [1.82, 2.24) is 4.90 Å². The Morgan fingerprint density at radius 3 is 2.67 bits per heavy atom. The van der Waals surface area contributed by atoms with Crippen molar-refractivity contribution in [3.63, 3.8) is 0 Å². The number of ether oxygens (including phenoxy) is 1. The Bertz CT molecular complexity index is 1320. The molecule has 188 valence electrons. The van der Waals surface area contributed by atoms with E-state index in [4.69, 9.17) is 16.3 Å². The second-order valence-corrected chi connectivity index (χ2v) is 10.6. The van der Waals surface area contributed by atoms with Gasteiger partial charge >= 0.3 is 0 Å². The van der Waals surface area contributed by atoms with Crippen LogP contribution in [0.2, 0.25) is 5.02 Å². The van der Waals surface area contributed by atoms with Gasteiger partial charge < -0.3 is 24.7 Å². The Labute approximate surface area is 216 Å². The number of benzene rings is 3. The van der Waals surface area contributed by atoms with E-state index in [0.29, 0.717) is 42.7 Å². The van der Waals surface area contributed by atoms with Crippen LogP contribution in [0.25, 0.3) is 21.9 Å². The minimum absolute atomic E-state index is 0.0714. The molecule has 2 aliphatic heterocycles. The van der Waals surface area contributed by atoms with Gasteiger partial charge in [0.2, 0.25) is 5.91 Å². The number of aromatic hydroxyl groups is 1. The Morgan fingerprint density at radius 1 is 1.19 bits per heavy atom. The topological polar surface area (TPSA) is 73.2 Å². The van der Waals surface area contributed by atoms with E-state index in [1.54, 1.807) is 17.0 Å². The third-order valence-corrected chi connectivity index (χ3v) is 7.34. The Kier molecular flexibility index (Phi) is 6.58. The number of phenols is 1. The zero-order valence-corrected chi connectivity index (χ0v) is 21.3. The average molecular weight is 507 g/mol. The molecule has 2 atom stereocenters. The quantitative estimate of drug-likeness (QED) is 0.435. The second-order valence-electron chi connectivity index (χ2n) is 10.2. The van der Waals surface area contributed by atoms with Crippen molar-refractivity contribution < 1.29 is 19.7 Å². The maximum atomic E-state index is 11.9. The molecule has 0 bridgehead atoms. The van der Waals surface area contributed by atoms with E-state index in [1.165, 1.54) is 6.08 Å². The summed E-state index contributed by atoms with van der Waals surface area (Å²) in [5.41, 5.74) is 2.31. The third-order valence-electron chi connectivity index (χ3n) is 7.03. The zero-order valence-electron chi connectivity index (χ0n) is 20.5. The van der Waals surface area contributed by atoms with Crippen LogP contribution in [-0.4, -0.2) is 53.0 Å². The highest BCUT2D eigenvalue weighted by atomic mass is 35.5. The molecule has 1 amide bonds. The summed E-state index contributed by atoms with van der Waals surface area (Å²) in [5.74, 6) is 1.30. The molecule has 0 radical (unpaired) electrons. The van der Waals surface area contributed by atoms with Gasteiger partial charge in [0.05, 0.1) is 10.7 Å². The number of aliphatic hydroxyl groups is 1. The molecule has 2 N–H and O–H groups in total. The van der Waals surface area contributed by atoms with E-state index in [0.717, 1.165) is 27.6 Å². The lowest BCUT2D eigenvalue weighted by molar-refractivity contribution is -0.132. The number of phenolic OH excluding ortho intramolecular Hbond substituents is 1. The molecule has 0 saturated carbocycles. The lowest BCUT2D eigenvalue weighted by Crippen LogP contribution is -2.58. The van der Waals surface area contributed by atoms with Gasteiger partial charge in [0.15, 0.2) is 6.23 Å². The highest BCUT2D eigenvalue weighted by Gasteiger charge is 2.39. The first-order valence-corrected chi connectivity index (χ1v) is 12.7. The van der Waals surface area contributed by atoms with Gasteiger partial charge in [-0.3, -0.25) is 4.79 Å². The molecule has 0 aromatic heterocycles. The molecule has 5 rings (SSSR count). The number of likely N-dealkylation sites (tertiary alicyclic amines) is 1. The molecule has 3 aromatic rings. The van der Waals surface area contributed by atoms with Gasteiger partial charge in [-0.1, -0.05) is 56.3 Å². The van der Waals surface area contributed by atoms with Crippen LogP contribution in [0.15, 0.2) is 61.2 Å². The van der Waals surface area contributed by atoms with E-state index >= 15 is 0 Å². The minimum atomic E-state index is -0.826. The first kappa shape index (κ1) is 24.5. The lowest BCUT2D eigenvalue weighted by atomic mass is 9.94. The highest BCUT2D eigenvalue weighted by Crippen LogP contribution is 2.46. The molecule has 1 fully saturated rings. The molecule has 7 heteroatoms. The summed E-state index contributed by atoms with van der Waals surface area (Å²) in [6, 6.07) is 15.1. The fraction of sp³-hybridized carbons (Fsp3) is 0.345. The normalized spacial score (nSPS) is 19.7. The molecule has 3 aromatic carbocycles. The number of fused-ring (bicyclic) bond motifs is 2. The van der Waals surface area contributed by atoms with Crippen LogP contribution in [0.3, 0.4) is 0 Å². The van der Waals surface area contributed by atoms with E-state index in [2.05, 4.69) is 20.4 Å². The largest absolute Gasteiger partial charge is 0.508 e. The predicted octanol–water partition coefficient (Wildman–Crippen LogP) is 5.44. The number of anilines is 1. The van der Waals surface area contributed by atoms with Gasteiger partial charge in [-0.2, -0.15) is 0 Å². The standard InChI is InChI=1S/C29H31ClN2O4/c1-4-28(34)31-14-18(15-31)16-32-25-13-24(30)23(12-26(25)36-27(29(32)35)9-17(2)3)22-11-20(33)10-19-7-5-6-8-21(19)22/h4-8,10-13,17-18,27,29,33,35H,1,9,14-16H2,2-3H3. The Morgan fingerprint density at radius 2 is 1.94 bits per heavy atom. The number of carbonyl (C=O) groups is 1. The van der Waals surface area contributed by atoms with Gasteiger partial charge in [0.25, 0.3) is 0 Å². The molecular formula is C29H31ClN2O4. The summed E-state index contributed by atoms with van der Waals surface area (Å²) in [7, 11) is 0. The lowest BCUT2D eigenvalue weighted by Gasteiger charge is -2.46. The van der Waals surface area contributed by atoms with Crippen LogP contribution < -0.4 is 9.64 Å². The van der Waals surface area contributed by atoms with Gasteiger partial charge in [0, 0.05) is 31.1 Å². The van der Waals surface area contributed by atoms with E-state index < -0.39 is 12.3 Å². The van der Waals surface area contributed by atoms with Gasteiger partial charge in [-0.25, -0.2) is 0 Å². The Hall–Kier alpha value is -3.22. The van der Waals surface area contributed by atoms with E-state index in [9.17, 15) is 15.0 Å². The second kappa shape index (κ2) is 9.68. The first-order valence-electron chi connectivity index (χ1n) is 12.3. The number of hydrogen-bond acceptors (Lipinski definition) is 5. The number of rotatable bonds is 6. The fourth-order valence-electron chi connectivity index (χ4n) is 5.27. The number of nitrogens with zero attached hydrogens (tertiary/aromatic N) is 2. The fourth-order valence-corrected chi connectivity index (χ4v) is 5.53. The first-order chi connectivity index (χ1) is 17.2. The summed E-state index contributed by atoms with van der Waals surface area (Å²) >= 11 is 6.84. The van der Waals surface area contributed by atoms with Gasteiger partial charge in [-0.15, -0.1) is 0 Å². The molecule has 2 heterocycles. The number of carbonyl (C=O) groups excluding carboxylic acids is 1. The maximum absolute atomic E-state index is 11.9. The van der Waals surface area contributed by atoms with Crippen molar-refractivity contribution >= 4 is 34.0 Å². The predicted molar refractivity (Wildman–Crippen MR) is 144 cm³/mol. The SMILES string of the molecule is C=CC(=O)N1CC(CN2c3cc(Cl)c(-c4cc(O)cc5ccccc45)cc3OC(CC(C)C)C2O)C1. The van der Waals surface area contributed by atoms with Crippen LogP contribution in [0.1, 0.15) is 20.3 Å². The monoisotopic (exact) mass is 506 g/mol. The van der Waals surface area contributed by atoms with Crippen molar-refractivity contribution in [1.29, 1.82) is 0 Å². The number of halogens is 1. The summed E-state index contributed by atoms with van der Waals surface area (Å²) in [6.45, 7) is 9.60. The average Bonchev–Trinajstić information content (AvgIpc) is 2.81. The molecule has 1 saturated heterocycles. The van der Waals surface area contributed by atoms with Crippen LogP contribution in [0.4, 0.5) is 5.69 Å². The molecule has 2 aliphatic rings. The number of aliphatic hydroxyl groups excluding tert-OH is 1. The van der Waals surface area contributed by atoms with Gasteiger partial charge in [0.1, 0.15) is 17.6 Å². The smallest absolute Gasteiger partial charge is 0.245 e. The summed E-state index contributed by atoms with van der Waals surface area (Å²) < 4.78 is 6.36. The van der Waals surface area contributed by atoms with Crippen molar-refractivity contribution in [3.8, 4) is 22.6 Å². The maximum Gasteiger partial charge on any atom is 0.245 e. The minimum Gasteiger partial charge on any atom is -0.508 e. The van der Waals surface area contributed by atoms with Crippen LogP contribution in [-0.2, 0) is 4.79 Å². The van der Waals surface area contributed by atoms with Crippen molar-refractivity contribution in [2.45, 2.75) is 32.6 Å². The van der Waals surface area contributed by atoms with E-state index in [1.807, 2.05) is 41.3 Å². The highest BCUT2D eigenvalue weighted by molar-refractivity contribution is 6.34. The zero-order chi connectivity index (χ0) is 25.6. The third kappa shape index (κ3) is 4.51. The van der Waals surface area contributed by atoms with Crippen LogP contribution >= 0.6 is 11.6 Å². The van der Waals surface area contributed by atoms with Crippen molar-refractivity contribution in [3.05, 3.63) is 66.2 Å². The van der Waals surface area contributed by atoms with Crippen LogP contribution in [0, 0.1) is 11.8 Å². The van der Waals surface area contributed by atoms with Gasteiger partial charge in [-0.05, 0) is 59.0 Å². The number of hydrogen-bond donors (Lipinski definition) is 2. The molecule has 0 aliphatic carbocycles. The number of amides is 1. The summed E-state index contributed by atoms with van der Waals surface area (Å²) in [5, 5.41) is 24.1. The molecular weight excluding hydrogens is 476 g/mol.